The summed E-state index contributed by atoms with van der Waals surface area (Å²) in [5, 5.41) is 8.17. The molecule has 1 heterocycles. The molecular weight excluding hydrogens is 270 g/mol. The number of primary amides is 1. The predicted molar refractivity (Wildman–Crippen MR) is 85.2 cm³/mol. The van der Waals surface area contributed by atoms with E-state index in [2.05, 4.69) is 42.0 Å². The van der Waals surface area contributed by atoms with Gasteiger partial charge in [0.1, 0.15) is 0 Å². The average molecular weight is 289 g/mol. The van der Waals surface area contributed by atoms with Gasteiger partial charge in [-0.3, -0.25) is 0 Å². The van der Waals surface area contributed by atoms with Crippen LogP contribution in [0.15, 0.2) is 41.8 Å². The smallest absolute Gasteiger partial charge is 0.316 e. The molecule has 0 aliphatic carbocycles. The van der Waals surface area contributed by atoms with Crippen molar-refractivity contribution < 1.29 is 4.79 Å². The van der Waals surface area contributed by atoms with Crippen molar-refractivity contribution in [2.45, 2.75) is 19.9 Å². The summed E-state index contributed by atoms with van der Waals surface area (Å²) in [4.78, 5) is 12.1. The first kappa shape index (κ1) is 14.4. The number of carbonyl (C=O) groups excluding carboxylic acids is 1. The molecule has 5 heteroatoms. The zero-order chi connectivity index (χ0) is 14.5. The average Bonchev–Trinajstić information content (AvgIpc) is 2.90. The third-order valence-electron chi connectivity index (χ3n) is 2.99. The molecule has 0 aliphatic heterocycles. The Morgan fingerprint density at radius 1 is 1.15 bits per heavy atom. The second-order valence-electron chi connectivity index (χ2n) is 4.95. The van der Waals surface area contributed by atoms with Gasteiger partial charge in [-0.15, -0.1) is 11.3 Å². The lowest BCUT2D eigenvalue weighted by atomic mass is 10.0. The molecule has 0 radical (unpaired) electrons. The third-order valence-corrected chi connectivity index (χ3v) is 3.95. The van der Waals surface area contributed by atoms with E-state index in [0.717, 1.165) is 5.69 Å². The van der Waals surface area contributed by atoms with Crippen LogP contribution in [0, 0.1) is 5.92 Å². The number of thiophene rings is 1. The molecule has 2 amide bonds. The minimum absolute atomic E-state index is 0.282. The lowest BCUT2D eigenvalue weighted by molar-refractivity contribution is 0.259. The molecule has 0 aliphatic rings. The van der Waals surface area contributed by atoms with E-state index in [4.69, 9.17) is 5.73 Å². The zero-order valence-corrected chi connectivity index (χ0v) is 12.4. The van der Waals surface area contributed by atoms with E-state index >= 15 is 0 Å². The Labute approximate surface area is 123 Å². The van der Waals surface area contributed by atoms with Gasteiger partial charge < -0.3 is 16.4 Å². The Morgan fingerprint density at radius 2 is 1.80 bits per heavy atom. The van der Waals surface area contributed by atoms with Crippen molar-refractivity contribution in [2.24, 2.45) is 11.7 Å². The van der Waals surface area contributed by atoms with Crippen molar-refractivity contribution in [1.82, 2.24) is 0 Å². The Bertz CT molecular complexity index is 549. The summed E-state index contributed by atoms with van der Waals surface area (Å²) in [6, 6.07) is 11.5. The summed E-state index contributed by atoms with van der Waals surface area (Å²) in [7, 11) is 0. The number of anilines is 2. The summed E-state index contributed by atoms with van der Waals surface area (Å²) in [5.74, 6) is 0.483. The van der Waals surface area contributed by atoms with Crippen LogP contribution < -0.4 is 16.4 Å². The highest BCUT2D eigenvalue weighted by Gasteiger charge is 2.16. The highest BCUT2D eigenvalue weighted by molar-refractivity contribution is 7.10. The van der Waals surface area contributed by atoms with Crippen LogP contribution in [0.5, 0.6) is 0 Å². The Morgan fingerprint density at radius 3 is 2.30 bits per heavy atom. The molecule has 1 aromatic heterocycles. The number of urea groups is 1. The summed E-state index contributed by atoms with van der Waals surface area (Å²) < 4.78 is 0. The van der Waals surface area contributed by atoms with Crippen molar-refractivity contribution in [1.29, 1.82) is 0 Å². The second kappa shape index (κ2) is 6.43. The number of nitrogens with two attached hydrogens (primary N) is 1. The molecule has 106 valence electrons. The molecule has 1 unspecified atom stereocenters. The minimum Gasteiger partial charge on any atom is -0.377 e. The van der Waals surface area contributed by atoms with E-state index < -0.39 is 6.03 Å². The fraction of sp³-hybridized carbons (Fsp3) is 0.267. The van der Waals surface area contributed by atoms with Gasteiger partial charge in [-0.25, -0.2) is 4.79 Å². The first-order valence-corrected chi connectivity index (χ1v) is 7.40. The van der Waals surface area contributed by atoms with Crippen LogP contribution in [0.1, 0.15) is 24.8 Å². The van der Waals surface area contributed by atoms with Crippen molar-refractivity contribution in [3.05, 3.63) is 46.7 Å². The lowest BCUT2D eigenvalue weighted by Gasteiger charge is -2.22. The van der Waals surface area contributed by atoms with E-state index in [-0.39, 0.29) is 6.04 Å². The molecule has 0 saturated carbocycles. The monoisotopic (exact) mass is 289 g/mol. The number of nitrogens with one attached hydrogen (secondary N) is 2. The molecule has 2 aromatic rings. The van der Waals surface area contributed by atoms with Crippen molar-refractivity contribution in [3.8, 4) is 0 Å². The topological polar surface area (TPSA) is 67.2 Å². The molecule has 4 nitrogen and oxygen atoms in total. The fourth-order valence-electron chi connectivity index (χ4n) is 2.01. The highest BCUT2D eigenvalue weighted by Crippen LogP contribution is 2.30. The standard InChI is InChI=1S/C15H19N3OS/c1-10(2)14(13-4-3-9-20-13)17-11-5-7-12(8-6-11)18-15(16)19/h3-10,14,17H,1-2H3,(H3,16,18,19). The van der Waals surface area contributed by atoms with Crippen LogP contribution in [0.4, 0.5) is 16.2 Å². The lowest BCUT2D eigenvalue weighted by Crippen LogP contribution is -2.19. The molecule has 20 heavy (non-hydrogen) atoms. The minimum atomic E-state index is -0.552. The molecule has 2 rings (SSSR count). The summed E-state index contributed by atoms with van der Waals surface area (Å²) in [5.41, 5.74) is 6.80. The number of amides is 2. The van der Waals surface area contributed by atoms with E-state index in [1.54, 1.807) is 11.3 Å². The van der Waals surface area contributed by atoms with E-state index in [1.807, 2.05) is 24.3 Å². The van der Waals surface area contributed by atoms with E-state index in [1.165, 1.54) is 4.88 Å². The van der Waals surface area contributed by atoms with Crippen molar-refractivity contribution in [2.75, 3.05) is 10.6 Å². The zero-order valence-electron chi connectivity index (χ0n) is 11.6. The van der Waals surface area contributed by atoms with Crippen molar-refractivity contribution >= 4 is 28.7 Å². The molecule has 1 atom stereocenters. The highest BCUT2D eigenvalue weighted by atomic mass is 32.1. The maximum absolute atomic E-state index is 10.8. The second-order valence-corrected chi connectivity index (χ2v) is 5.93. The molecule has 0 bridgehead atoms. The van der Waals surface area contributed by atoms with Crippen LogP contribution in [0.3, 0.4) is 0 Å². The van der Waals surface area contributed by atoms with Gasteiger partial charge >= 0.3 is 6.03 Å². The van der Waals surface area contributed by atoms with Gasteiger partial charge in [-0.05, 0) is 41.6 Å². The van der Waals surface area contributed by atoms with Crippen LogP contribution in [0.2, 0.25) is 0 Å². The van der Waals surface area contributed by atoms with Crippen LogP contribution >= 0.6 is 11.3 Å². The number of carbonyl (C=O) groups is 1. The molecule has 0 fully saturated rings. The first-order valence-electron chi connectivity index (χ1n) is 6.52. The number of rotatable bonds is 5. The van der Waals surface area contributed by atoms with Crippen LogP contribution in [-0.2, 0) is 0 Å². The molecule has 0 saturated heterocycles. The van der Waals surface area contributed by atoms with Gasteiger partial charge in [-0.1, -0.05) is 19.9 Å². The molecule has 1 aromatic carbocycles. The normalized spacial score (nSPS) is 12.2. The largest absolute Gasteiger partial charge is 0.377 e. The Hall–Kier alpha value is -2.01. The van der Waals surface area contributed by atoms with Crippen LogP contribution in [-0.4, -0.2) is 6.03 Å². The van der Waals surface area contributed by atoms with E-state index in [0.29, 0.717) is 11.6 Å². The Balaban J connectivity index is 2.09. The van der Waals surface area contributed by atoms with Gasteiger partial charge in [0.05, 0.1) is 6.04 Å². The molecule has 4 N–H and O–H groups in total. The third kappa shape index (κ3) is 3.74. The SMILES string of the molecule is CC(C)C(Nc1ccc(NC(N)=O)cc1)c1cccs1. The summed E-state index contributed by atoms with van der Waals surface area (Å²) >= 11 is 1.75. The van der Waals surface area contributed by atoms with Crippen molar-refractivity contribution in [3.63, 3.8) is 0 Å². The number of hydrogen-bond acceptors (Lipinski definition) is 3. The van der Waals surface area contributed by atoms with Gasteiger partial charge in [0.15, 0.2) is 0 Å². The number of benzene rings is 1. The fourth-order valence-corrected chi connectivity index (χ4v) is 2.96. The maximum atomic E-state index is 10.8. The quantitative estimate of drug-likeness (QED) is 0.777. The summed E-state index contributed by atoms with van der Waals surface area (Å²) in [6.07, 6.45) is 0. The molecular formula is C15H19N3OS. The van der Waals surface area contributed by atoms with E-state index in [9.17, 15) is 4.79 Å². The van der Waals surface area contributed by atoms with Gasteiger partial charge in [0, 0.05) is 16.3 Å². The van der Waals surface area contributed by atoms with Gasteiger partial charge in [0.2, 0.25) is 0 Å². The first-order chi connectivity index (χ1) is 9.56. The molecule has 0 spiro atoms. The predicted octanol–water partition coefficient (Wildman–Crippen LogP) is 4.05. The maximum Gasteiger partial charge on any atom is 0.316 e. The summed E-state index contributed by atoms with van der Waals surface area (Å²) in [6.45, 7) is 4.39. The Kier molecular flexibility index (Phi) is 4.63. The van der Waals surface area contributed by atoms with Crippen LogP contribution in [0.25, 0.3) is 0 Å². The van der Waals surface area contributed by atoms with Gasteiger partial charge in [-0.2, -0.15) is 0 Å². The number of hydrogen-bond donors (Lipinski definition) is 3. The van der Waals surface area contributed by atoms with Gasteiger partial charge in [0.25, 0.3) is 0 Å².